The molecule has 0 radical (unpaired) electrons. The van der Waals surface area contributed by atoms with E-state index in [1.165, 1.54) is 87.3 Å². The number of benzene rings is 3. The molecule has 0 heterocycles. The smallest absolute Gasteiger partial charge is 0.119 e. The van der Waals surface area contributed by atoms with Crippen LogP contribution in [0.5, 0.6) is 5.75 Å². The monoisotopic (exact) mass is 554 g/mol. The van der Waals surface area contributed by atoms with Crippen LogP contribution < -0.4 is 0 Å². The van der Waals surface area contributed by atoms with Gasteiger partial charge in [0.2, 0.25) is 0 Å². The molecule has 2 unspecified atom stereocenters. The molecule has 0 amide bonds. The summed E-state index contributed by atoms with van der Waals surface area (Å²) in [6.45, 7) is 13.9. The minimum atomic E-state index is 0.255. The highest BCUT2D eigenvalue weighted by Crippen LogP contribution is 2.38. The zero-order valence-corrected chi connectivity index (χ0v) is 27.2. The Morgan fingerprint density at radius 1 is 0.512 bits per heavy atom. The second-order valence-electron chi connectivity index (χ2n) is 12.5. The molecule has 1 heteroatoms. The molecule has 0 bridgehead atoms. The molecule has 1 nitrogen and oxygen atoms in total. The van der Waals surface area contributed by atoms with Gasteiger partial charge < -0.3 is 5.11 Å². The van der Waals surface area contributed by atoms with Crippen molar-refractivity contribution >= 4 is 0 Å². The van der Waals surface area contributed by atoms with Crippen molar-refractivity contribution in [3.63, 3.8) is 0 Å². The quantitative estimate of drug-likeness (QED) is 0.166. The van der Waals surface area contributed by atoms with Gasteiger partial charge in [0.05, 0.1) is 0 Å². The van der Waals surface area contributed by atoms with E-state index in [1.54, 1.807) is 22.3 Å². The van der Waals surface area contributed by atoms with Gasteiger partial charge in [-0.05, 0) is 121 Å². The number of aromatic hydroxyl groups is 1. The largest absolute Gasteiger partial charge is 0.508 e. The fourth-order valence-electron chi connectivity index (χ4n) is 6.72. The van der Waals surface area contributed by atoms with Crippen molar-refractivity contribution < 1.29 is 5.11 Å². The van der Waals surface area contributed by atoms with E-state index in [4.69, 9.17) is 0 Å². The third-order valence-electron chi connectivity index (χ3n) is 9.09. The molecule has 0 fully saturated rings. The lowest BCUT2D eigenvalue weighted by Crippen LogP contribution is -2.11. The number of unbranched alkanes of at least 4 members (excludes halogenated alkanes) is 4. The van der Waals surface area contributed by atoms with E-state index in [-0.39, 0.29) is 5.92 Å². The van der Waals surface area contributed by atoms with Crippen molar-refractivity contribution in [2.24, 2.45) is 0 Å². The summed E-state index contributed by atoms with van der Waals surface area (Å²) in [5, 5.41) is 11.2. The highest BCUT2D eigenvalue weighted by Gasteiger charge is 2.22. The zero-order valence-electron chi connectivity index (χ0n) is 27.2. The summed E-state index contributed by atoms with van der Waals surface area (Å²) in [4.78, 5) is 0. The van der Waals surface area contributed by atoms with E-state index in [0.29, 0.717) is 11.7 Å². The van der Waals surface area contributed by atoms with Crippen LogP contribution in [0.25, 0.3) is 0 Å². The Morgan fingerprint density at radius 3 is 1.41 bits per heavy atom. The molecule has 41 heavy (non-hydrogen) atoms. The van der Waals surface area contributed by atoms with Gasteiger partial charge in [-0.3, -0.25) is 0 Å². The van der Waals surface area contributed by atoms with Crippen LogP contribution in [0.1, 0.15) is 149 Å². The molecule has 0 saturated heterocycles. The van der Waals surface area contributed by atoms with Crippen LogP contribution in [0.4, 0.5) is 0 Å². The topological polar surface area (TPSA) is 20.2 Å². The number of aryl methyl sites for hydroxylation is 2. The van der Waals surface area contributed by atoms with Gasteiger partial charge in [0.25, 0.3) is 0 Å². The highest BCUT2D eigenvalue weighted by molar-refractivity contribution is 5.46. The Balaban J connectivity index is 1.92. The van der Waals surface area contributed by atoms with Crippen LogP contribution in [-0.4, -0.2) is 5.11 Å². The lowest BCUT2D eigenvalue weighted by Gasteiger charge is -2.25. The maximum Gasteiger partial charge on any atom is 0.119 e. The standard InChI is InChI=1S/C40H58O/c1-7-11-18-32-20-15-22-34(37(32)24-13-9-3)28-30(5)36-26-17-27-39(41)40(36)31(6)29-35-23-16-21-33(19-12-8-2)38(35)25-14-10-4/h15-17,20-23,26-27,30-31,41H,7-14,18-19,24-25,28-29H2,1-6H3. The van der Waals surface area contributed by atoms with Crippen molar-refractivity contribution in [1.29, 1.82) is 0 Å². The summed E-state index contributed by atoms with van der Waals surface area (Å²) < 4.78 is 0. The van der Waals surface area contributed by atoms with E-state index >= 15 is 0 Å². The fraction of sp³-hybridized carbons (Fsp3) is 0.550. The number of phenolic OH excluding ortho intramolecular Hbond substituents is 1. The molecule has 1 N–H and O–H groups in total. The normalized spacial score (nSPS) is 12.9. The summed E-state index contributed by atoms with van der Waals surface area (Å²) in [6.07, 6.45) is 16.6. The zero-order chi connectivity index (χ0) is 29.6. The van der Waals surface area contributed by atoms with E-state index in [1.807, 2.05) is 12.1 Å². The molecule has 0 aliphatic rings. The first kappa shape index (κ1) is 33.0. The maximum atomic E-state index is 11.2. The average Bonchev–Trinajstić information content (AvgIpc) is 2.97. The van der Waals surface area contributed by atoms with Crippen LogP contribution in [0.15, 0.2) is 54.6 Å². The summed E-state index contributed by atoms with van der Waals surface area (Å²) in [7, 11) is 0. The van der Waals surface area contributed by atoms with Crippen molar-refractivity contribution in [3.8, 4) is 5.75 Å². The van der Waals surface area contributed by atoms with Gasteiger partial charge in [-0.15, -0.1) is 0 Å². The number of phenols is 1. The lowest BCUT2D eigenvalue weighted by molar-refractivity contribution is 0.459. The summed E-state index contributed by atoms with van der Waals surface area (Å²) in [5.41, 5.74) is 11.7. The molecular formula is C40H58O. The molecule has 3 aromatic rings. The molecule has 224 valence electrons. The molecular weight excluding hydrogens is 496 g/mol. The van der Waals surface area contributed by atoms with Gasteiger partial charge in [0.15, 0.2) is 0 Å². The summed E-state index contributed by atoms with van der Waals surface area (Å²) in [5.74, 6) is 1.06. The predicted octanol–water partition coefficient (Wildman–Crippen LogP) is 11.5. The Bertz CT molecular complexity index is 1190. The summed E-state index contributed by atoms with van der Waals surface area (Å²) in [6, 6.07) is 20.2. The molecule has 0 aliphatic carbocycles. The fourth-order valence-corrected chi connectivity index (χ4v) is 6.72. The number of hydrogen-bond donors (Lipinski definition) is 1. The lowest BCUT2D eigenvalue weighted by atomic mass is 9.80. The van der Waals surface area contributed by atoms with Gasteiger partial charge in [0, 0.05) is 5.56 Å². The van der Waals surface area contributed by atoms with E-state index in [0.717, 1.165) is 24.8 Å². The third-order valence-corrected chi connectivity index (χ3v) is 9.09. The molecule has 0 aliphatic heterocycles. The molecule has 2 atom stereocenters. The second-order valence-corrected chi connectivity index (χ2v) is 12.5. The summed E-state index contributed by atoms with van der Waals surface area (Å²) >= 11 is 0. The van der Waals surface area contributed by atoms with E-state index in [9.17, 15) is 5.11 Å². The van der Waals surface area contributed by atoms with Crippen molar-refractivity contribution in [1.82, 2.24) is 0 Å². The van der Waals surface area contributed by atoms with Gasteiger partial charge in [0.1, 0.15) is 5.75 Å². The number of hydrogen-bond acceptors (Lipinski definition) is 1. The van der Waals surface area contributed by atoms with Crippen molar-refractivity contribution in [3.05, 3.63) is 99.1 Å². The first-order valence-corrected chi connectivity index (χ1v) is 17.0. The van der Waals surface area contributed by atoms with Crippen LogP contribution in [0.2, 0.25) is 0 Å². The van der Waals surface area contributed by atoms with Crippen LogP contribution in [0, 0.1) is 0 Å². The molecule has 0 aromatic heterocycles. The van der Waals surface area contributed by atoms with Crippen LogP contribution in [-0.2, 0) is 38.5 Å². The molecule has 3 aromatic carbocycles. The second kappa shape index (κ2) is 17.4. The van der Waals surface area contributed by atoms with Gasteiger partial charge >= 0.3 is 0 Å². The predicted molar refractivity (Wildman–Crippen MR) is 180 cm³/mol. The Hall–Kier alpha value is -2.54. The Morgan fingerprint density at radius 2 is 0.927 bits per heavy atom. The molecule has 3 rings (SSSR count). The van der Waals surface area contributed by atoms with Gasteiger partial charge in [-0.25, -0.2) is 0 Å². The van der Waals surface area contributed by atoms with Gasteiger partial charge in [-0.2, -0.15) is 0 Å². The van der Waals surface area contributed by atoms with E-state index < -0.39 is 0 Å². The minimum absolute atomic E-state index is 0.255. The van der Waals surface area contributed by atoms with E-state index in [2.05, 4.69) is 84.0 Å². The Kier molecular flexibility index (Phi) is 14.0. The first-order valence-electron chi connectivity index (χ1n) is 17.0. The average molecular weight is 555 g/mol. The molecule has 0 saturated carbocycles. The van der Waals surface area contributed by atoms with Crippen molar-refractivity contribution in [2.45, 2.75) is 143 Å². The minimum Gasteiger partial charge on any atom is -0.508 e. The SMILES string of the molecule is CCCCc1cccc(CC(C)c2cccc(O)c2C(C)Cc2cccc(CCCC)c2CCCC)c1CCCC. The van der Waals surface area contributed by atoms with Crippen molar-refractivity contribution in [2.75, 3.05) is 0 Å². The van der Waals surface area contributed by atoms with Crippen LogP contribution >= 0.6 is 0 Å². The maximum absolute atomic E-state index is 11.2. The van der Waals surface area contributed by atoms with Crippen LogP contribution in [0.3, 0.4) is 0 Å². The van der Waals surface area contributed by atoms with Gasteiger partial charge in [-0.1, -0.05) is 116 Å². The third kappa shape index (κ3) is 9.22. The first-order chi connectivity index (χ1) is 19.9. The molecule has 0 spiro atoms. The Labute approximate surface area is 252 Å². The number of rotatable bonds is 18. The highest BCUT2D eigenvalue weighted by atomic mass is 16.3.